The average Bonchev–Trinajstić information content (AvgIpc) is 2.66. The van der Waals surface area contributed by atoms with Gasteiger partial charge in [0.2, 0.25) is 0 Å². The summed E-state index contributed by atoms with van der Waals surface area (Å²) < 4.78 is 36.9. The Morgan fingerprint density at radius 2 is 1.70 bits per heavy atom. The van der Waals surface area contributed by atoms with Gasteiger partial charge in [-0.2, -0.15) is 0 Å². The number of hydrogen-bond donors (Lipinski definition) is 1. The van der Waals surface area contributed by atoms with Gasteiger partial charge in [0.15, 0.2) is 23.1 Å². The average molecular weight is 379 g/mol. The molecule has 0 radical (unpaired) electrons. The molecular weight excluding hydrogens is 360 g/mol. The van der Waals surface area contributed by atoms with Crippen LogP contribution in [0.25, 0.3) is 0 Å². The molecule has 0 aromatic heterocycles. The van der Waals surface area contributed by atoms with E-state index in [1.54, 1.807) is 6.07 Å². The number of carboxylic acids is 1. The minimum Gasteiger partial charge on any atom is -0.493 e. The van der Waals surface area contributed by atoms with Gasteiger partial charge in [0, 0.05) is 18.7 Å². The highest BCUT2D eigenvalue weighted by atomic mass is 19.2. The Kier molecular flexibility index (Phi) is 6.70. The summed E-state index contributed by atoms with van der Waals surface area (Å²) in [5.74, 6) is -2.81. The SMILES string of the molecule is COc1ccc(C(=O)N(CCC(=O)O)Cc2ccc(F)c(F)c2)cc1OC. The lowest BCUT2D eigenvalue weighted by Gasteiger charge is -2.23. The normalized spacial score (nSPS) is 10.4. The van der Waals surface area contributed by atoms with Crippen molar-refractivity contribution in [2.24, 2.45) is 0 Å². The zero-order valence-electron chi connectivity index (χ0n) is 14.9. The molecule has 6 nitrogen and oxygen atoms in total. The van der Waals surface area contributed by atoms with Crippen molar-refractivity contribution in [2.45, 2.75) is 13.0 Å². The highest BCUT2D eigenvalue weighted by molar-refractivity contribution is 5.95. The Morgan fingerprint density at radius 3 is 2.30 bits per heavy atom. The highest BCUT2D eigenvalue weighted by Gasteiger charge is 2.19. The second-order valence-corrected chi connectivity index (χ2v) is 5.69. The van der Waals surface area contributed by atoms with E-state index in [-0.39, 0.29) is 25.1 Å². The lowest BCUT2D eigenvalue weighted by Crippen LogP contribution is -2.32. The summed E-state index contributed by atoms with van der Waals surface area (Å²) in [6.45, 7) is -0.167. The van der Waals surface area contributed by atoms with Crippen molar-refractivity contribution in [3.05, 3.63) is 59.2 Å². The molecule has 2 aromatic carbocycles. The number of benzene rings is 2. The van der Waals surface area contributed by atoms with E-state index in [0.29, 0.717) is 17.1 Å². The summed E-state index contributed by atoms with van der Waals surface area (Å²) in [4.78, 5) is 25.0. The summed E-state index contributed by atoms with van der Waals surface area (Å²) in [7, 11) is 2.89. The lowest BCUT2D eigenvalue weighted by atomic mass is 10.1. The molecule has 0 atom stereocenters. The van der Waals surface area contributed by atoms with Crippen molar-refractivity contribution in [1.29, 1.82) is 0 Å². The minimum absolute atomic E-state index is 0.0718. The molecule has 0 spiro atoms. The fraction of sp³-hybridized carbons (Fsp3) is 0.263. The van der Waals surface area contributed by atoms with E-state index >= 15 is 0 Å². The molecule has 0 aliphatic heterocycles. The highest BCUT2D eigenvalue weighted by Crippen LogP contribution is 2.28. The number of rotatable bonds is 8. The van der Waals surface area contributed by atoms with Crippen molar-refractivity contribution < 1.29 is 33.0 Å². The van der Waals surface area contributed by atoms with Gasteiger partial charge in [-0.3, -0.25) is 9.59 Å². The molecule has 0 saturated heterocycles. The molecule has 1 N–H and O–H groups in total. The Bertz CT molecular complexity index is 841. The van der Waals surface area contributed by atoms with E-state index in [4.69, 9.17) is 14.6 Å². The number of aliphatic carboxylic acids is 1. The van der Waals surface area contributed by atoms with Crippen LogP contribution in [0.2, 0.25) is 0 Å². The topological polar surface area (TPSA) is 76.1 Å². The van der Waals surface area contributed by atoms with Crippen LogP contribution in [0.3, 0.4) is 0 Å². The van der Waals surface area contributed by atoms with Gasteiger partial charge in [-0.25, -0.2) is 8.78 Å². The van der Waals surface area contributed by atoms with Gasteiger partial charge in [-0.1, -0.05) is 6.07 Å². The number of nitrogens with zero attached hydrogens (tertiary/aromatic N) is 1. The summed E-state index contributed by atoms with van der Waals surface area (Å²) in [6.07, 6.45) is -0.289. The predicted octanol–water partition coefficient (Wildman–Crippen LogP) is 3.10. The number of methoxy groups -OCH3 is 2. The van der Waals surface area contributed by atoms with E-state index in [2.05, 4.69) is 0 Å². The smallest absolute Gasteiger partial charge is 0.305 e. The Hall–Kier alpha value is -3.16. The van der Waals surface area contributed by atoms with Crippen LogP contribution in [0.4, 0.5) is 8.78 Å². The monoisotopic (exact) mass is 379 g/mol. The molecule has 144 valence electrons. The van der Waals surface area contributed by atoms with Crippen molar-refractivity contribution in [3.63, 3.8) is 0 Å². The van der Waals surface area contributed by atoms with Gasteiger partial charge in [0.1, 0.15) is 0 Å². The van der Waals surface area contributed by atoms with Gasteiger partial charge < -0.3 is 19.5 Å². The first-order valence-corrected chi connectivity index (χ1v) is 8.02. The zero-order chi connectivity index (χ0) is 20.0. The third kappa shape index (κ3) is 5.16. The maximum absolute atomic E-state index is 13.4. The summed E-state index contributed by atoms with van der Waals surface area (Å²) in [5.41, 5.74) is 0.591. The lowest BCUT2D eigenvalue weighted by molar-refractivity contribution is -0.137. The molecule has 27 heavy (non-hydrogen) atoms. The first kappa shape index (κ1) is 20.2. The van der Waals surface area contributed by atoms with Crippen molar-refractivity contribution >= 4 is 11.9 Å². The number of halogens is 2. The fourth-order valence-corrected chi connectivity index (χ4v) is 2.49. The Labute approximate surface area is 154 Å². The second-order valence-electron chi connectivity index (χ2n) is 5.69. The summed E-state index contributed by atoms with van der Waals surface area (Å²) in [6, 6.07) is 7.82. The van der Waals surface area contributed by atoms with E-state index in [0.717, 1.165) is 12.1 Å². The maximum Gasteiger partial charge on any atom is 0.305 e. The molecule has 2 rings (SSSR count). The summed E-state index contributed by atoms with van der Waals surface area (Å²) >= 11 is 0. The van der Waals surface area contributed by atoms with Crippen LogP contribution in [0, 0.1) is 11.6 Å². The quantitative estimate of drug-likeness (QED) is 0.763. The molecule has 0 bridgehead atoms. The minimum atomic E-state index is -1.08. The van der Waals surface area contributed by atoms with Gasteiger partial charge >= 0.3 is 5.97 Å². The Balaban J connectivity index is 2.30. The number of carbonyl (C=O) groups is 2. The first-order chi connectivity index (χ1) is 12.8. The second kappa shape index (κ2) is 8.98. The molecule has 0 fully saturated rings. The fourth-order valence-electron chi connectivity index (χ4n) is 2.49. The number of hydrogen-bond acceptors (Lipinski definition) is 4. The first-order valence-electron chi connectivity index (χ1n) is 8.02. The van der Waals surface area contributed by atoms with Crippen LogP contribution in [0.1, 0.15) is 22.3 Å². The van der Waals surface area contributed by atoms with Crippen LogP contribution in [-0.4, -0.2) is 42.6 Å². The van der Waals surface area contributed by atoms with Gasteiger partial charge in [0.05, 0.1) is 20.6 Å². The maximum atomic E-state index is 13.4. The van der Waals surface area contributed by atoms with Crippen LogP contribution in [0.5, 0.6) is 11.5 Å². The van der Waals surface area contributed by atoms with E-state index in [9.17, 15) is 18.4 Å². The van der Waals surface area contributed by atoms with E-state index < -0.39 is 23.5 Å². The van der Waals surface area contributed by atoms with Gasteiger partial charge in [-0.15, -0.1) is 0 Å². The number of amides is 1. The zero-order valence-corrected chi connectivity index (χ0v) is 14.9. The molecule has 1 amide bonds. The predicted molar refractivity (Wildman–Crippen MR) is 92.9 cm³/mol. The molecule has 0 heterocycles. The number of carbonyl (C=O) groups excluding carboxylic acids is 1. The molecule has 0 unspecified atom stereocenters. The third-order valence-corrected chi connectivity index (χ3v) is 3.87. The standard InChI is InChI=1S/C19H19F2NO5/c1-26-16-6-4-13(10-17(16)27-2)19(25)22(8-7-18(23)24)11-12-3-5-14(20)15(21)9-12/h3-6,9-10H,7-8,11H2,1-2H3,(H,23,24). The van der Waals surface area contributed by atoms with Crippen molar-refractivity contribution in [3.8, 4) is 11.5 Å². The van der Waals surface area contributed by atoms with Crippen LogP contribution >= 0.6 is 0 Å². The van der Waals surface area contributed by atoms with Crippen LogP contribution in [-0.2, 0) is 11.3 Å². The van der Waals surface area contributed by atoms with E-state index in [1.807, 2.05) is 0 Å². The van der Waals surface area contributed by atoms with Crippen molar-refractivity contribution in [1.82, 2.24) is 4.90 Å². The third-order valence-electron chi connectivity index (χ3n) is 3.87. The largest absolute Gasteiger partial charge is 0.493 e. The molecule has 8 heteroatoms. The van der Waals surface area contributed by atoms with Gasteiger partial charge in [-0.05, 0) is 35.9 Å². The van der Waals surface area contributed by atoms with Gasteiger partial charge in [0.25, 0.3) is 5.91 Å². The number of carboxylic acid groups (broad SMARTS) is 1. The van der Waals surface area contributed by atoms with Crippen LogP contribution in [0.15, 0.2) is 36.4 Å². The van der Waals surface area contributed by atoms with Crippen LogP contribution < -0.4 is 9.47 Å². The van der Waals surface area contributed by atoms with Crippen molar-refractivity contribution in [2.75, 3.05) is 20.8 Å². The Morgan fingerprint density at radius 1 is 1.00 bits per heavy atom. The summed E-state index contributed by atoms with van der Waals surface area (Å²) in [5, 5.41) is 8.93. The van der Waals surface area contributed by atoms with E-state index in [1.165, 1.54) is 37.3 Å². The molecule has 2 aromatic rings. The number of ether oxygens (including phenoxy) is 2. The molecule has 0 saturated carbocycles. The molecular formula is C19H19F2NO5. The molecule has 0 aliphatic carbocycles. The molecule has 0 aliphatic rings.